The van der Waals surface area contributed by atoms with Crippen LogP contribution in [0.25, 0.3) is 66.0 Å². The molecule has 0 amide bonds. The van der Waals surface area contributed by atoms with Crippen molar-refractivity contribution >= 4 is 49.6 Å². The highest BCUT2D eigenvalue weighted by molar-refractivity contribution is 6.12. The second-order valence-corrected chi connectivity index (χ2v) is 12.9. The van der Waals surface area contributed by atoms with Gasteiger partial charge in [0.1, 0.15) is 23.2 Å². The first-order valence-electron chi connectivity index (χ1n) is 17.0. The fourth-order valence-electron chi connectivity index (χ4n) is 7.52. The average molecular weight is 645 g/mol. The Hall–Kier alpha value is -6.43. The van der Waals surface area contributed by atoms with Gasteiger partial charge in [0.2, 0.25) is 0 Å². The van der Waals surface area contributed by atoms with Gasteiger partial charge in [-0.1, -0.05) is 146 Å². The average Bonchev–Trinajstić information content (AvgIpc) is 3.74. The first-order valence-corrected chi connectivity index (χ1v) is 17.0. The first kappa shape index (κ1) is 28.6. The number of hydrogen-bond acceptors (Lipinski definition) is 4. The van der Waals surface area contributed by atoms with Crippen LogP contribution in [-0.2, 0) is 0 Å². The standard InChI is InChI=1S/C45H32N4O/c1-3-13-29(14-4-1)31-17-11-18-33(27-31)44-46-43(30-15-5-2-6-16-30)47-45(48-44)49-39-23-9-7-19-35(39)36-26-25-32(28-40(36)49)34-21-12-22-38-37-20-8-10-24-41(37)50-42(34)38/h1-28,44-45,48H,(H,46,47). The van der Waals surface area contributed by atoms with E-state index in [9.17, 15) is 0 Å². The molecule has 2 atom stereocenters. The van der Waals surface area contributed by atoms with E-state index in [1.807, 2.05) is 18.2 Å². The fourth-order valence-corrected chi connectivity index (χ4v) is 7.52. The first-order chi connectivity index (χ1) is 24.8. The maximum Gasteiger partial charge on any atom is 0.184 e. The van der Waals surface area contributed by atoms with Crippen molar-refractivity contribution in [1.29, 1.82) is 0 Å². The van der Waals surface area contributed by atoms with Crippen LogP contribution in [0, 0.1) is 0 Å². The topological polar surface area (TPSA) is 54.5 Å². The molecule has 2 N–H and O–H groups in total. The zero-order valence-electron chi connectivity index (χ0n) is 27.1. The summed E-state index contributed by atoms with van der Waals surface area (Å²) in [4.78, 5) is 5.37. The summed E-state index contributed by atoms with van der Waals surface area (Å²) < 4.78 is 8.83. The number of furan rings is 1. The zero-order chi connectivity index (χ0) is 33.0. The molecular weight excluding hydrogens is 613 g/mol. The molecule has 0 spiro atoms. The van der Waals surface area contributed by atoms with E-state index >= 15 is 0 Å². The number of amidine groups is 1. The van der Waals surface area contributed by atoms with E-state index in [4.69, 9.17) is 9.41 Å². The lowest BCUT2D eigenvalue weighted by atomic mass is 10.0. The highest BCUT2D eigenvalue weighted by Gasteiger charge is 2.28. The molecule has 5 heteroatoms. The number of benzene rings is 7. The number of nitrogens with zero attached hydrogens (tertiary/aromatic N) is 2. The second-order valence-electron chi connectivity index (χ2n) is 12.9. The van der Waals surface area contributed by atoms with Crippen molar-refractivity contribution in [2.75, 3.05) is 0 Å². The Morgan fingerprint density at radius 1 is 0.500 bits per heavy atom. The summed E-state index contributed by atoms with van der Waals surface area (Å²) in [6.07, 6.45) is -0.587. The summed E-state index contributed by atoms with van der Waals surface area (Å²) >= 11 is 0. The zero-order valence-corrected chi connectivity index (χ0v) is 27.1. The van der Waals surface area contributed by atoms with Gasteiger partial charge in [-0.15, -0.1) is 0 Å². The van der Waals surface area contributed by atoms with E-state index in [2.05, 4.69) is 167 Å². The van der Waals surface area contributed by atoms with Crippen molar-refractivity contribution < 1.29 is 4.42 Å². The lowest BCUT2D eigenvalue weighted by Crippen LogP contribution is -2.46. The predicted octanol–water partition coefficient (Wildman–Crippen LogP) is 10.8. The van der Waals surface area contributed by atoms with Crippen LogP contribution in [-0.4, -0.2) is 10.4 Å². The van der Waals surface area contributed by atoms with E-state index in [0.717, 1.165) is 61.1 Å². The highest BCUT2D eigenvalue weighted by atomic mass is 16.3. The Balaban J connectivity index is 1.16. The van der Waals surface area contributed by atoms with Crippen molar-refractivity contribution in [1.82, 2.24) is 15.2 Å². The van der Waals surface area contributed by atoms with Crippen LogP contribution in [0.5, 0.6) is 0 Å². The Morgan fingerprint density at radius 2 is 1.18 bits per heavy atom. The van der Waals surface area contributed by atoms with Crippen LogP contribution in [0.15, 0.2) is 179 Å². The van der Waals surface area contributed by atoms with Gasteiger partial charge in [-0.05, 0) is 46.5 Å². The largest absolute Gasteiger partial charge is 0.455 e. The van der Waals surface area contributed by atoms with Crippen LogP contribution in [0.1, 0.15) is 23.6 Å². The van der Waals surface area contributed by atoms with Crippen LogP contribution in [0.4, 0.5) is 0 Å². The molecule has 0 saturated heterocycles. The van der Waals surface area contributed by atoms with E-state index < -0.39 is 6.29 Å². The van der Waals surface area contributed by atoms with E-state index in [1.54, 1.807) is 0 Å². The minimum Gasteiger partial charge on any atom is -0.455 e. The van der Waals surface area contributed by atoms with Gasteiger partial charge in [0.05, 0.1) is 11.0 Å². The molecule has 2 unspecified atom stereocenters. The molecule has 238 valence electrons. The number of aliphatic imine (C=N–C) groups is 1. The molecule has 1 aliphatic rings. The summed E-state index contributed by atoms with van der Waals surface area (Å²) in [5.41, 5.74) is 10.7. The van der Waals surface area contributed by atoms with Crippen LogP contribution >= 0.6 is 0 Å². The number of hydrogen-bond donors (Lipinski definition) is 2. The van der Waals surface area contributed by atoms with E-state index in [-0.39, 0.29) is 6.17 Å². The van der Waals surface area contributed by atoms with E-state index in [0.29, 0.717) is 0 Å². The van der Waals surface area contributed by atoms with Gasteiger partial charge in [-0.3, -0.25) is 5.32 Å². The molecular formula is C45H32N4O. The molecule has 5 nitrogen and oxygen atoms in total. The summed E-state index contributed by atoms with van der Waals surface area (Å²) in [6, 6.07) is 59.7. The van der Waals surface area contributed by atoms with E-state index in [1.165, 1.54) is 21.9 Å². The fraction of sp³-hybridized carbons (Fsp3) is 0.0444. The Bertz CT molecular complexity index is 2720. The molecule has 9 aromatic rings. The Labute approximate surface area is 289 Å². The third-order valence-corrected chi connectivity index (χ3v) is 9.89. The quantitative estimate of drug-likeness (QED) is 0.196. The SMILES string of the molecule is c1ccc(C2=NC(n3c4ccccc4c4ccc(-c5cccc6c5oc5ccccc56)cc43)NC(c3cccc(-c4ccccc4)c3)N2)cc1. The molecule has 0 bridgehead atoms. The summed E-state index contributed by atoms with van der Waals surface area (Å²) in [7, 11) is 0. The lowest BCUT2D eigenvalue weighted by Gasteiger charge is -2.33. The van der Waals surface area contributed by atoms with Crippen LogP contribution < -0.4 is 10.6 Å². The molecule has 10 rings (SSSR count). The molecule has 50 heavy (non-hydrogen) atoms. The van der Waals surface area contributed by atoms with Gasteiger partial charge in [-0.2, -0.15) is 0 Å². The summed E-state index contributed by atoms with van der Waals surface area (Å²) in [5.74, 6) is 0.846. The third-order valence-electron chi connectivity index (χ3n) is 9.89. The van der Waals surface area contributed by atoms with Crippen molar-refractivity contribution in [3.8, 4) is 22.3 Å². The molecule has 7 aromatic carbocycles. The van der Waals surface area contributed by atoms with Gasteiger partial charge in [0.25, 0.3) is 0 Å². The predicted molar refractivity (Wildman–Crippen MR) is 205 cm³/mol. The number of rotatable bonds is 5. The number of para-hydroxylation sites is 3. The van der Waals surface area contributed by atoms with Gasteiger partial charge >= 0.3 is 0 Å². The van der Waals surface area contributed by atoms with Gasteiger partial charge in [-0.25, -0.2) is 4.99 Å². The second kappa shape index (κ2) is 11.6. The normalized spacial score (nSPS) is 16.2. The highest BCUT2D eigenvalue weighted by Crippen LogP contribution is 2.40. The minimum absolute atomic E-state index is 0.194. The van der Waals surface area contributed by atoms with Crippen LogP contribution in [0.3, 0.4) is 0 Å². The molecule has 0 aliphatic carbocycles. The Morgan fingerprint density at radius 3 is 2.04 bits per heavy atom. The Kier molecular flexibility index (Phi) is 6.64. The maximum atomic E-state index is 6.47. The number of aromatic nitrogens is 1. The monoisotopic (exact) mass is 644 g/mol. The van der Waals surface area contributed by atoms with Crippen molar-refractivity contribution in [2.24, 2.45) is 4.99 Å². The third kappa shape index (κ3) is 4.71. The van der Waals surface area contributed by atoms with Gasteiger partial charge < -0.3 is 14.3 Å². The van der Waals surface area contributed by atoms with Gasteiger partial charge in [0, 0.05) is 32.7 Å². The summed E-state index contributed by atoms with van der Waals surface area (Å²) in [6.45, 7) is 0. The summed E-state index contributed by atoms with van der Waals surface area (Å²) in [5, 5.41) is 12.2. The molecule has 3 heterocycles. The van der Waals surface area contributed by atoms with Crippen LogP contribution in [0.2, 0.25) is 0 Å². The van der Waals surface area contributed by atoms with Crippen molar-refractivity contribution in [2.45, 2.75) is 12.5 Å². The molecule has 2 aromatic heterocycles. The smallest absolute Gasteiger partial charge is 0.184 e. The maximum absolute atomic E-state index is 6.47. The lowest BCUT2D eigenvalue weighted by molar-refractivity contribution is 0.341. The minimum atomic E-state index is -0.392. The molecule has 0 fully saturated rings. The molecule has 0 saturated carbocycles. The molecule has 1 aliphatic heterocycles. The number of nitrogens with one attached hydrogen (secondary N) is 2. The van der Waals surface area contributed by atoms with Crippen molar-refractivity contribution in [3.63, 3.8) is 0 Å². The number of fused-ring (bicyclic) bond motifs is 6. The molecule has 0 radical (unpaired) electrons. The van der Waals surface area contributed by atoms with Crippen molar-refractivity contribution in [3.05, 3.63) is 181 Å². The van der Waals surface area contributed by atoms with Gasteiger partial charge in [0.15, 0.2) is 6.29 Å².